The van der Waals surface area contributed by atoms with Crippen molar-refractivity contribution in [2.75, 3.05) is 5.73 Å². The SMILES string of the molecule is Cn1cnnc1CC1(c2cccc(N)c2)CC(F)(F)C1. The van der Waals surface area contributed by atoms with E-state index in [1.165, 1.54) is 0 Å². The molecule has 1 aromatic heterocycles. The number of aromatic nitrogens is 3. The Hall–Kier alpha value is -1.98. The number of benzene rings is 1. The molecule has 6 heteroatoms. The summed E-state index contributed by atoms with van der Waals surface area (Å²) in [5, 5.41) is 7.83. The van der Waals surface area contributed by atoms with Gasteiger partial charge in [-0.1, -0.05) is 12.1 Å². The Bertz CT molecular complexity index is 628. The van der Waals surface area contributed by atoms with Gasteiger partial charge in [0.15, 0.2) is 0 Å². The predicted octanol–water partition coefficient (Wildman–Crippen LogP) is 2.31. The van der Waals surface area contributed by atoms with Crippen LogP contribution in [0.5, 0.6) is 0 Å². The molecular formula is C14H16F2N4. The van der Waals surface area contributed by atoms with Crippen molar-refractivity contribution in [3.8, 4) is 0 Å². The minimum atomic E-state index is -2.61. The molecule has 1 aromatic carbocycles. The van der Waals surface area contributed by atoms with Gasteiger partial charge in [-0.25, -0.2) is 8.78 Å². The molecule has 2 N–H and O–H groups in total. The fourth-order valence-electron chi connectivity index (χ4n) is 3.01. The van der Waals surface area contributed by atoms with Crippen LogP contribution in [0.1, 0.15) is 24.2 Å². The predicted molar refractivity (Wildman–Crippen MR) is 71.4 cm³/mol. The standard InChI is InChI=1S/C14H16F2N4/c1-20-9-18-19-12(20)6-13(7-14(15,16)8-13)10-3-2-4-11(17)5-10/h2-5,9H,6-8,17H2,1H3. The molecule has 4 nitrogen and oxygen atoms in total. The first kappa shape index (κ1) is 13.0. The van der Waals surface area contributed by atoms with Crippen molar-refractivity contribution in [2.45, 2.75) is 30.6 Å². The Morgan fingerprint density at radius 3 is 2.65 bits per heavy atom. The second-order valence-corrected chi connectivity index (χ2v) is 5.65. The number of halogens is 2. The number of hydrogen-bond acceptors (Lipinski definition) is 3. The van der Waals surface area contributed by atoms with Crippen LogP contribution in [0.2, 0.25) is 0 Å². The van der Waals surface area contributed by atoms with Crippen molar-refractivity contribution in [3.63, 3.8) is 0 Å². The molecule has 1 aliphatic rings. The number of aryl methyl sites for hydroxylation is 1. The first-order chi connectivity index (χ1) is 9.40. The Labute approximate surface area is 115 Å². The molecule has 3 rings (SSSR count). The third-order valence-corrected chi connectivity index (χ3v) is 3.99. The molecule has 20 heavy (non-hydrogen) atoms. The van der Waals surface area contributed by atoms with Gasteiger partial charge in [-0.3, -0.25) is 0 Å². The van der Waals surface area contributed by atoms with Gasteiger partial charge in [-0.2, -0.15) is 0 Å². The normalized spacial score (nSPS) is 19.6. The van der Waals surface area contributed by atoms with Gasteiger partial charge < -0.3 is 10.3 Å². The Morgan fingerprint density at radius 2 is 2.10 bits per heavy atom. The molecule has 106 valence electrons. The van der Waals surface area contributed by atoms with Crippen LogP contribution < -0.4 is 5.73 Å². The number of rotatable bonds is 3. The van der Waals surface area contributed by atoms with Gasteiger partial charge in [0.2, 0.25) is 5.92 Å². The zero-order chi connectivity index (χ0) is 14.4. The molecule has 1 fully saturated rings. The van der Waals surface area contributed by atoms with Crippen LogP contribution in [-0.2, 0) is 18.9 Å². The second-order valence-electron chi connectivity index (χ2n) is 5.65. The first-order valence-electron chi connectivity index (χ1n) is 6.47. The molecule has 0 saturated heterocycles. The Balaban J connectivity index is 1.96. The van der Waals surface area contributed by atoms with Gasteiger partial charge in [0, 0.05) is 37.4 Å². The highest BCUT2D eigenvalue weighted by Crippen LogP contribution is 2.55. The topological polar surface area (TPSA) is 56.7 Å². The maximum Gasteiger partial charge on any atom is 0.249 e. The molecule has 0 radical (unpaired) electrons. The fourth-order valence-corrected chi connectivity index (χ4v) is 3.01. The molecule has 0 aliphatic heterocycles. The van der Waals surface area contributed by atoms with Crippen LogP contribution in [0, 0.1) is 0 Å². The van der Waals surface area contributed by atoms with Crippen molar-refractivity contribution in [3.05, 3.63) is 42.0 Å². The third-order valence-electron chi connectivity index (χ3n) is 3.99. The Morgan fingerprint density at radius 1 is 1.35 bits per heavy atom. The molecule has 0 spiro atoms. The summed E-state index contributed by atoms with van der Waals surface area (Å²) in [4.78, 5) is 0. The second kappa shape index (κ2) is 4.26. The zero-order valence-corrected chi connectivity index (χ0v) is 11.2. The van der Waals surface area contributed by atoms with Gasteiger partial charge in [-0.05, 0) is 17.7 Å². The number of nitrogens with zero attached hydrogens (tertiary/aromatic N) is 3. The summed E-state index contributed by atoms with van der Waals surface area (Å²) < 4.78 is 28.7. The number of nitrogens with two attached hydrogens (primary N) is 1. The molecule has 1 heterocycles. The summed E-state index contributed by atoms with van der Waals surface area (Å²) in [6.07, 6.45) is 1.69. The minimum Gasteiger partial charge on any atom is -0.399 e. The maximum absolute atomic E-state index is 13.5. The van der Waals surface area contributed by atoms with Crippen molar-refractivity contribution >= 4 is 5.69 Å². The van der Waals surface area contributed by atoms with Crippen molar-refractivity contribution in [1.29, 1.82) is 0 Å². The van der Waals surface area contributed by atoms with E-state index in [-0.39, 0.29) is 12.8 Å². The van der Waals surface area contributed by atoms with E-state index < -0.39 is 11.3 Å². The number of alkyl halides is 2. The summed E-state index contributed by atoms with van der Waals surface area (Å²) in [6, 6.07) is 7.21. The molecule has 2 aromatic rings. The van der Waals surface area contributed by atoms with Crippen LogP contribution in [-0.4, -0.2) is 20.7 Å². The first-order valence-corrected chi connectivity index (χ1v) is 6.47. The van der Waals surface area contributed by atoms with Crippen molar-refractivity contribution in [2.24, 2.45) is 7.05 Å². The van der Waals surface area contributed by atoms with E-state index in [1.807, 2.05) is 13.1 Å². The van der Waals surface area contributed by atoms with Crippen LogP contribution in [0.25, 0.3) is 0 Å². The van der Waals surface area contributed by atoms with Gasteiger partial charge in [0.25, 0.3) is 0 Å². The van der Waals surface area contributed by atoms with E-state index >= 15 is 0 Å². The average molecular weight is 278 g/mol. The number of hydrogen-bond donors (Lipinski definition) is 1. The largest absolute Gasteiger partial charge is 0.399 e. The highest BCUT2D eigenvalue weighted by atomic mass is 19.3. The van der Waals surface area contributed by atoms with E-state index in [0.717, 1.165) is 5.56 Å². The average Bonchev–Trinajstić information content (AvgIpc) is 2.72. The number of anilines is 1. The van der Waals surface area contributed by atoms with Crippen LogP contribution in [0.4, 0.5) is 14.5 Å². The molecule has 0 atom stereocenters. The van der Waals surface area contributed by atoms with Gasteiger partial charge in [0.1, 0.15) is 12.2 Å². The van der Waals surface area contributed by atoms with Gasteiger partial charge in [-0.15, -0.1) is 10.2 Å². The lowest BCUT2D eigenvalue weighted by Crippen LogP contribution is -2.51. The highest BCUT2D eigenvalue weighted by Gasteiger charge is 2.57. The molecule has 0 unspecified atom stereocenters. The summed E-state index contributed by atoms with van der Waals surface area (Å²) in [5.74, 6) is -1.90. The molecule has 1 saturated carbocycles. The summed E-state index contributed by atoms with van der Waals surface area (Å²) in [5.41, 5.74) is 6.63. The lowest BCUT2D eigenvalue weighted by Gasteiger charge is -2.47. The fraction of sp³-hybridized carbons (Fsp3) is 0.429. The highest BCUT2D eigenvalue weighted by molar-refractivity contribution is 5.45. The maximum atomic E-state index is 13.5. The third kappa shape index (κ3) is 2.15. The lowest BCUT2D eigenvalue weighted by molar-refractivity contribution is -0.127. The van der Waals surface area contributed by atoms with Crippen LogP contribution in [0.3, 0.4) is 0 Å². The van der Waals surface area contributed by atoms with E-state index in [0.29, 0.717) is 17.9 Å². The molecular weight excluding hydrogens is 262 g/mol. The lowest BCUT2D eigenvalue weighted by atomic mass is 9.60. The zero-order valence-electron chi connectivity index (χ0n) is 11.2. The smallest absolute Gasteiger partial charge is 0.249 e. The molecule has 0 bridgehead atoms. The number of nitrogen functional groups attached to an aromatic ring is 1. The van der Waals surface area contributed by atoms with Crippen molar-refractivity contribution in [1.82, 2.24) is 14.8 Å². The van der Waals surface area contributed by atoms with E-state index in [4.69, 9.17) is 5.73 Å². The van der Waals surface area contributed by atoms with E-state index in [9.17, 15) is 8.78 Å². The van der Waals surface area contributed by atoms with Crippen LogP contribution in [0.15, 0.2) is 30.6 Å². The van der Waals surface area contributed by atoms with E-state index in [1.54, 1.807) is 29.1 Å². The molecule has 0 amide bonds. The monoisotopic (exact) mass is 278 g/mol. The summed E-state index contributed by atoms with van der Waals surface area (Å²) in [7, 11) is 1.82. The summed E-state index contributed by atoms with van der Waals surface area (Å²) >= 11 is 0. The quantitative estimate of drug-likeness (QED) is 0.876. The van der Waals surface area contributed by atoms with Gasteiger partial charge in [0.05, 0.1) is 0 Å². The van der Waals surface area contributed by atoms with E-state index in [2.05, 4.69) is 10.2 Å². The van der Waals surface area contributed by atoms with Crippen LogP contribution >= 0.6 is 0 Å². The Kier molecular flexibility index (Phi) is 2.77. The summed E-state index contributed by atoms with van der Waals surface area (Å²) in [6.45, 7) is 0. The van der Waals surface area contributed by atoms with Gasteiger partial charge >= 0.3 is 0 Å². The minimum absolute atomic E-state index is 0.170. The molecule has 1 aliphatic carbocycles. The van der Waals surface area contributed by atoms with Crippen molar-refractivity contribution < 1.29 is 8.78 Å².